The van der Waals surface area contributed by atoms with Crippen molar-refractivity contribution in [1.29, 1.82) is 0 Å². The lowest BCUT2D eigenvalue weighted by Crippen LogP contribution is -2.38. The van der Waals surface area contributed by atoms with E-state index in [4.69, 9.17) is 5.73 Å². The smallest absolute Gasteiger partial charge is 0.399 e. The average Bonchev–Trinajstić information content (AvgIpc) is 2.27. The van der Waals surface area contributed by atoms with Crippen LogP contribution < -0.4 is 11.1 Å². The first-order valence-corrected chi connectivity index (χ1v) is 5.14. The number of nitrogen functional groups attached to an aromatic ring is 1. The van der Waals surface area contributed by atoms with E-state index in [0.717, 1.165) is 7.05 Å². The summed E-state index contributed by atoms with van der Waals surface area (Å²) in [7, 11) is 2.74. The van der Waals surface area contributed by atoms with Gasteiger partial charge in [0.25, 0.3) is 0 Å². The first kappa shape index (κ1) is 14.1. The summed E-state index contributed by atoms with van der Waals surface area (Å²) in [6, 6.07) is 4.81. The standard InChI is InChI=1S/C11H14F3N3O/c1-16-9-4-3-8(15)5-7(9)6-17(2)10(18)11(12,13)14/h3-5,16H,6,15H2,1-2H3. The first-order valence-electron chi connectivity index (χ1n) is 5.14. The molecule has 0 heterocycles. The number of nitrogens with zero attached hydrogens (tertiary/aromatic N) is 1. The van der Waals surface area contributed by atoms with E-state index in [1.165, 1.54) is 6.07 Å². The Balaban J connectivity index is 2.91. The van der Waals surface area contributed by atoms with Crippen molar-refractivity contribution in [2.24, 2.45) is 0 Å². The van der Waals surface area contributed by atoms with E-state index in [0.29, 0.717) is 21.8 Å². The van der Waals surface area contributed by atoms with Gasteiger partial charge in [0.15, 0.2) is 0 Å². The zero-order valence-corrected chi connectivity index (χ0v) is 10.0. The molecule has 0 saturated carbocycles. The molecule has 0 fully saturated rings. The van der Waals surface area contributed by atoms with Gasteiger partial charge in [0.2, 0.25) is 0 Å². The van der Waals surface area contributed by atoms with Crippen LogP contribution in [0.2, 0.25) is 0 Å². The Labute approximate surface area is 103 Å². The molecule has 100 valence electrons. The van der Waals surface area contributed by atoms with Gasteiger partial charge in [-0.15, -0.1) is 0 Å². The summed E-state index contributed by atoms with van der Waals surface area (Å²) >= 11 is 0. The van der Waals surface area contributed by atoms with Gasteiger partial charge in [0, 0.05) is 32.0 Å². The lowest BCUT2D eigenvalue weighted by atomic mass is 10.1. The van der Waals surface area contributed by atoms with Crippen LogP contribution in [0.4, 0.5) is 24.5 Å². The summed E-state index contributed by atoms with van der Waals surface area (Å²) < 4.78 is 36.7. The Morgan fingerprint density at radius 3 is 2.56 bits per heavy atom. The van der Waals surface area contributed by atoms with Crippen molar-refractivity contribution in [2.75, 3.05) is 25.1 Å². The summed E-state index contributed by atoms with van der Waals surface area (Å²) in [6.45, 7) is -0.167. The topological polar surface area (TPSA) is 58.4 Å². The van der Waals surface area contributed by atoms with Crippen LogP contribution >= 0.6 is 0 Å². The van der Waals surface area contributed by atoms with Crippen LogP contribution in [0.5, 0.6) is 0 Å². The van der Waals surface area contributed by atoms with Crippen LogP contribution in [-0.4, -0.2) is 31.1 Å². The highest BCUT2D eigenvalue weighted by Crippen LogP contribution is 2.23. The van der Waals surface area contributed by atoms with Crippen molar-refractivity contribution in [3.8, 4) is 0 Å². The molecule has 1 amide bonds. The third-order valence-corrected chi connectivity index (χ3v) is 2.40. The third-order valence-electron chi connectivity index (χ3n) is 2.40. The molecule has 3 N–H and O–H groups in total. The summed E-state index contributed by atoms with van der Waals surface area (Å²) in [5, 5.41) is 2.83. The van der Waals surface area contributed by atoms with Crippen molar-refractivity contribution < 1.29 is 18.0 Å². The average molecular weight is 261 g/mol. The minimum atomic E-state index is -4.87. The Kier molecular flexibility index (Phi) is 4.05. The summed E-state index contributed by atoms with van der Waals surface area (Å²) in [5.41, 5.74) is 7.15. The van der Waals surface area contributed by atoms with Crippen molar-refractivity contribution in [3.05, 3.63) is 23.8 Å². The Morgan fingerprint density at radius 2 is 2.06 bits per heavy atom. The van der Waals surface area contributed by atoms with Gasteiger partial charge in [-0.2, -0.15) is 13.2 Å². The molecule has 0 aliphatic heterocycles. The van der Waals surface area contributed by atoms with Gasteiger partial charge >= 0.3 is 12.1 Å². The van der Waals surface area contributed by atoms with Gasteiger partial charge in [-0.25, -0.2) is 0 Å². The summed E-state index contributed by atoms with van der Waals surface area (Å²) in [4.78, 5) is 11.6. The maximum Gasteiger partial charge on any atom is 0.471 e. The normalized spacial score (nSPS) is 11.2. The quantitative estimate of drug-likeness (QED) is 0.816. The minimum absolute atomic E-state index is 0.167. The maximum atomic E-state index is 12.2. The predicted octanol–water partition coefficient (Wildman–Crippen LogP) is 1.83. The highest BCUT2D eigenvalue weighted by atomic mass is 19.4. The maximum absolute atomic E-state index is 12.2. The van der Waals surface area contributed by atoms with E-state index in [9.17, 15) is 18.0 Å². The fraction of sp³-hybridized carbons (Fsp3) is 0.364. The van der Waals surface area contributed by atoms with Crippen molar-refractivity contribution in [2.45, 2.75) is 12.7 Å². The second kappa shape index (κ2) is 5.16. The SMILES string of the molecule is CNc1ccc(N)cc1CN(C)C(=O)C(F)(F)F. The number of alkyl halides is 3. The van der Waals surface area contributed by atoms with E-state index in [2.05, 4.69) is 5.32 Å². The van der Waals surface area contributed by atoms with E-state index in [1.54, 1.807) is 19.2 Å². The molecule has 0 radical (unpaired) electrons. The predicted molar refractivity (Wildman–Crippen MR) is 62.9 cm³/mol. The van der Waals surface area contributed by atoms with Gasteiger partial charge in [-0.1, -0.05) is 0 Å². The van der Waals surface area contributed by atoms with Gasteiger partial charge in [-0.05, 0) is 23.8 Å². The Morgan fingerprint density at radius 1 is 1.44 bits per heavy atom. The van der Waals surface area contributed by atoms with Gasteiger partial charge in [0.05, 0.1) is 0 Å². The molecule has 0 saturated heterocycles. The second-order valence-corrected chi connectivity index (χ2v) is 3.83. The van der Waals surface area contributed by atoms with E-state index in [-0.39, 0.29) is 6.54 Å². The molecule has 18 heavy (non-hydrogen) atoms. The van der Waals surface area contributed by atoms with Gasteiger partial charge < -0.3 is 16.0 Å². The number of anilines is 2. The zero-order valence-electron chi connectivity index (χ0n) is 10.0. The van der Waals surface area contributed by atoms with E-state index < -0.39 is 12.1 Å². The number of carbonyl (C=O) groups is 1. The molecular formula is C11H14F3N3O. The molecule has 0 aliphatic carbocycles. The number of amides is 1. The molecule has 0 bridgehead atoms. The van der Waals surface area contributed by atoms with Crippen LogP contribution in [-0.2, 0) is 11.3 Å². The molecule has 0 spiro atoms. The van der Waals surface area contributed by atoms with Crippen LogP contribution in [0.15, 0.2) is 18.2 Å². The lowest BCUT2D eigenvalue weighted by molar-refractivity contribution is -0.184. The second-order valence-electron chi connectivity index (χ2n) is 3.83. The summed E-state index contributed by atoms with van der Waals surface area (Å²) in [6.07, 6.45) is -4.87. The number of carbonyl (C=O) groups excluding carboxylic acids is 1. The molecule has 1 aromatic rings. The molecular weight excluding hydrogens is 247 g/mol. The number of benzene rings is 1. The summed E-state index contributed by atoms with van der Waals surface area (Å²) in [5.74, 6) is -1.88. The number of nitrogens with one attached hydrogen (secondary N) is 1. The highest BCUT2D eigenvalue weighted by Gasteiger charge is 2.41. The molecule has 1 rings (SSSR count). The zero-order chi connectivity index (χ0) is 13.9. The van der Waals surface area contributed by atoms with Crippen molar-refractivity contribution in [1.82, 2.24) is 4.90 Å². The molecule has 0 aromatic heterocycles. The van der Waals surface area contributed by atoms with E-state index >= 15 is 0 Å². The van der Waals surface area contributed by atoms with Gasteiger partial charge in [0.1, 0.15) is 0 Å². The number of hydrogen-bond acceptors (Lipinski definition) is 3. The monoisotopic (exact) mass is 261 g/mol. The lowest BCUT2D eigenvalue weighted by Gasteiger charge is -2.20. The fourth-order valence-electron chi connectivity index (χ4n) is 1.53. The molecule has 0 aliphatic rings. The number of rotatable bonds is 3. The molecule has 7 heteroatoms. The molecule has 4 nitrogen and oxygen atoms in total. The van der Waals surface area contributed by atoms with E-state index in [1.807, 2.05) is 0 Å². The van der Waals surface area contributed by atoms with Crippen molar-refractivity contribution >= 4 is 17.3 Å². The first-order chi connectivity index (χ1) is 8.25. The number of nitrogens with two attached hydrogens (primary N) is 1. The number of halogens is 3. The fourth-order valence-corrected chi connectivity index (χ4v) is 1.53. The van der Waals surface area contributed by atoms with Crippen LogP contribution in [0.1, 0.15) is 5.56 Å². The largest absolute Gasteiger partial charge is 0.471 e. The van der Waals surface area contributed by atoms with Gasteiger partial charge in [-0.3, -0.25) is 4.79 Å². The molecule has 0 atom stereocenters. The Bertz CT molecular complexity index is 446. The Hall–Kier alpha value is -1.92. The highest BCUT2D eigenvalue weighted by molar-refractivity contribution is 5.81. The van der Waals surface area contributed by atoms with Crippen molar-refractivity contribution in [3.63, 3.8) is 0 Å². The van der Waals surface area contributed by atoms with Crippen LogP contribution in [0, 0.1) is 0 Å². The van der Waals surface area contributed by atoms with Crippen LogP contribution in [0.25, 0.3) is 0 Å². The molecule has 0 unspecified atom stereocenters. The van der Waals surface area contributed by atoms with Crippen LogP contribution in [0.3, 0.4) is 0 Å². The third kappa shape index (κ3) is 3.28. The molecule has 1 aromatic carbocycles. The number of hydrogen-bond donors (Lipinski definition) is 2. The minimum Gasteiger partial charge on any atom is -0.399 e.